The van der Waals surface area contributed by atoms with E-state index < -0.39 is 18.4 Å². The van der Waals surface area contributed by atoms with Gasteiger partial charge in [-0.3, -0.25) is 9.59 Å². The maximum absolute atomic E-state index is 14.3. The molecule has 36 heavy (non-hydrogen) atoms. The summed E-state index contributed by atoms with van der Waals surface area (Å²) in [4.78, 5) is 37.0. The normalized spacial score (nSPS) is 24.2. The van der Waals surface area contributed by atoms with Gasteiger partial charge in [-0.2, -0.15) is 0 Å². The Morgan fingerprint density at radius 2 is 1.92 bits per heavy atom. The Labute approximate surface area is 212 Å². The highest BCUT2D eigenvalue weighted by Crippen LogP contribution is 2.39. The number of nitrogens with zero attached hydrogens (tertiary/aromatic N) is 3. The summed E-state index contributed by atoms with van der Waals surface area (Å²) >= 11 is 0.930. The molecule has 2 aromatic heterocycles. The Morgan fingerprint density at radius 1 is 1.17 bits per heavy atom. The number of likely N-dealkylation sites (tertiary alicyclic amines) is 1. The minimum absolute atomic E-state index is 0.00599. The van der Waals surface area contributed by atoms with Crippen molar-refractivity contribution in [3.8, 4) is 10.4 Å². The molecule has 2 aromatic rings. The number of aliphatic hydroxyl groups is 1. The minimum Gasteiger partial charge on any atom is -0.393 e. The number of hydrogen-bond donors (Lipinski definition) is 3. The molecule has 3 heterocycles. The maximum Gasteiger partial charge on any atom is 0.280 e. The van der Waals surface area contributed by atoms with Crippen LogP contribution in [0.4, 0.5) is 14.6 Å². The van der Waals surface area contributed by atoms with Crippen LogP contribution in [0.3, 0.4) is 0 Å². The standard InChI is InChI=1S/C25H31F2N5O3S/c1-13-5-4-8-32(13)25(35)20-21(36-24(31-20)23(34)30-15-9-16(33)10-15)18-12-28-19(11-17(18)22(26)27)29-14-6-2-3-7-14/h11-16,22,33H,2-10H2,1H3,(H,28,29)(H,30,34). The fourth-order valence-corrected chi connectivity index (χ4v) is 6.26. The zero-order chi connectivity index (χ0) is 25.4. The zero-order valence-electron chi connectivity index (χ0n) is 20.2. The second-order valence-electron chi connectivity index (χ2n) is 10.1. The van der Waals surface area contributed by atoms with Crippen LogP contribution in [0.1, 0.15) is 90.6 Å². The van der Waals surface area contributed by atoms with Gasteiger partial charge in [-0.25, -0.2) is 18.7 Å². The first-order valence-corrected chi connectivity index (χ1v) is 13.5. The largest absolute Gasteiger partial charge is 0.393 e. The van der Waals surface area contributed by atoms with E-state index in [2.05, 4.69) is 20.6 Å². The molecule has 2 aliphatic carbocycles. The topological polar surface area (TPSA) is 107 Å². The molecule has 1 aliphatic heterocycles. The maximum atomic E-state index is 14.3. The highest BCUT2D eigenvalue weighted by molar-refractivity contribution is 7.17. The van der Waals surface area contributed by atoms with Crippen molar-refractivity contribution in [3.05, 3.63) is 28.5 Å². The number of halogens is 2. The molecule has 5 rings (SSSR count). The third-order valence-electron chi connectivity index (χ3n) is 7.41. The Hall–Kier alpha value is -2.66. The molecule has 3 fully saturated rings. The lowest BCUT2D eigenvalue weighted by molar-refractivity contribution is 0.0562. The van der Waals surface area contributed by atoms with Crippen LogP contribution in [0, 0.1) is 0 Å². The molecule has 1 saturated heterocycles. The summed E-state index contributed by atoms with van der Waals surface area (Å²) in [7, 11) is 0. The second-order valence-corrected chi connectivity index (χ2v) is 11.1. The molecular weight excluding hydrogens is 488 g/mol. The van der Waals surface area contributed by atoms with Crippen molar-refractivity contribution >= 4 is 29.0 Å². The fraction of sp³-hybridized carbons (Fsp3) is 0.600. The van der Waals surface area contributed by atoms with Gasteiger partial charge >= 0.3 is 0 Å². The van der Waals surface area contributed by atoms with Gasteiger partial charge in [-0.05, 0) is 51.5 Å². The Morgan fingerprint density at radius 3 is 2.56 bits per heavy atom. The summed E-state index contributed by atoms with van der Waals surface area (Å²) in [5.74, 6) is -0.455. The van der Waals surface area contributed by atoms with E-state index in [0.29, 0.717) is 25.2 Å². The van der Waals surface area contributed by atoms with E-state index in [1.165, 1.54) is 12.3 Å². The van der Waals surface area contributed by atoms with Crippen LogP contribution in [0.2, 0.25) is 0 Å². The molecule has 0 bridgehead atoms. The zero-order valence-corrected chi connectivity index (χ0v) is 21.0. The van der Waals surface area contributed by atoms with Gasteiger partial charge < -0.3 is 20.6 Å². The van der Waals surface area contributed by atoms with Gasteiger partial charge in [0.05, 0.1) is 11.0 Å². The van der Waals surface area contributed by atoms with Gasteiger partial charge in [0.15, 0.2) is 5.01 Å². The lowest BCUT2D eigenvalue weighted by Gasteiger charge is -2.31. The highest BCUT2D eigenvalue weighted by Gasteiger charge is 2.34. The molecule has 3 aliphatic rings. The van der Waals surface area contributed by atoms with E-state index in [1.807, 2.05) is 6.92 Å². The van der Waals surface area contributed by atoms with Crippen molar-refractivity contribution in [1.82, 2.24) is 20.2 Å². The fourth-order valence-electron chi connectivity index (χ4n) is 5.27. The number of amides is 2. The molecule has 1 unspecified atom stereocenters. The predicted octanol–water partition coefficient (Wildman–Crippen LogP) is 4.37. The number of aliphatic hydroxyl groups excluding tert-OH is 1. The second kappa shape index (κ2) is 10.4. The van der Waals surface area contributed by atoms with Crippen LogP contribution in [-0.4, -0.2) is 62.6 Å². The predicted molar refractivity (Wildman–Crippen MR) is 132 cm³/mol. The van der Waals surface area contributed by atoms with E-state index in [-0.39, 0.29) is 50.7 Å². The third-order valence-corrected chi connectivity index (χ3v) is 8.50. The lowest BCUT2D eigenvalue weighted by Crippen LogP contribution is -2.46. The molecule has 0 aromatic carbocycles. The minimum atomic E-state index is -2.79. The molecule has 3 N–H and O–H groups in total. The first-order valence-electron chi connectivity index (χ1n) is 12.7. The molecule has 194 valence electrons. The number of carbonyl (C=O) groups excluding carboxylic acids is 2. The third kappa shape index (κ3) is 5.08. The molecular formula is C25H31F2N5O3S. The van der Waals surface area contributed by atoms with E-state index in [9.17, 15) is 23.5 Å². The average Bonchev–Trinajstić information content (AvgIpc) is 3.58. The average molecular weight is 520 g/mol. The Balaban J connectivity index is 1.50. The van der Waals surface area contributed by atoms with Crippen molar-refractivity contribution in [3.63, 3.8) is 0 Å². The van der Waals surface area contributed by atoms with Crippen LogP contribution in [0.25, 0.3) is 10.4 Å². The van der Waals surface area contributed by atoms with Gasteiger partial charge in [0.1, 0.15) is 11.5 Å². The molecule has 11 heteroatoms. The van der Waals surface area contributed by atoms with Crippen LogP contribution in [-0.2, 0) is 0 Å². The number of thiazole rings is 1. The number of aromatic nitrogens is 2. The van der Waals surface area contributed by atoms with Crippen molar-refractivity contribution < 1.29 is 23.5 Å². The number of anilines is 1. The Bertz CT molecular complexity index is 1130. The van der Waals surface area contributed by atoms with E-state index >= 15 is 0 Å². The van der Waals surface area contributed by atoms with E-state index in [4.69, 9.17) is 0 Å². The van der Waals surface area contributed by atoms with Crippen molar-refractivity contribution in [1.29, 1.82) is 0 Å². The van der Waals surface area contributed by atoms with E-state index in [1.54, 1.807) is 4.90 Å². The molecule has 2 amide bonds. The van der Waals surface area contributed by atoms with Gasteiger partial charge in [0, 0.05) is 42.0 Å². The summed E-state index contributed by atoms with van der Waals surface area (Å²) in [5, 5.41) is 15.6. The van der Waals surface area contributed by atoms with E-state index in [0.717, 1.165) is 49.9 Å². The molecule has 0 radical (unpaired) electrons. The number of carbonyl (C=O) groups is 2. The van der Waals surface area contributed by atoms with Crippen molar-refractivity contribution in [2.75, 3.05) is 11.9 Å². The number of pyridine rings is 1. The summed E-state index contributed by atoms with van der Waals surface area (Å²) in [6, 6.07) is 1.40. The van der Waals surface area contributed by atoms with Crippen LogP contribution in [0.5, 0.6) is 0 Å². The number of alkyl halides is 2. The van der Waals surface area contributed by atoms with Gasteiger partial charge in [0.25, 0.3) is 18.2 Å². The Kier molecular flexibility index (Phi) is 7.21. The summed E-state index contributed by atoms with van der Waals surface area (Å²) < 4.78 is 28.5. The van der Waals surface area contributed by atoms with Gasteiger partial charge in [0.2, 0.25) is 0 Å². The molecule has 8 nitrogen and oxygen atoms in total. The summed E-state index contributed by atoms with van der Waals surface area (Å²) in [6.07, 6.45) is 4.91. The molecule has 2 saturated carbocycles. The smallest absolute Gasteiger partial charge is 0.280 e. The lowest BCUT2D eigenvalue weighted by atomic mass is 9.89. The summed E-state index contributed by atoms with van der Waals surface area (Å²) in [5.41, 5.74) is -0.118. The van der Waals surface area contributed by atoms with Gasteiger partial charge in [-0.15, -0.1) is 11.3 Å². The van der Waals surface area contributed by atoms with Gasteiger partial charge in [-0.1, -0.05) is 12.8 Å². The molecule has 1 atom stereocenters. The number of hydrogen-bond acceptors (Lipinski definition) is 7. The highest BCUT2D eigenvalue weighted by atomic mass is 32.1. The monoisotopic (exact) mass is 519 g/mol. The summed E-state index contributed by atoms with van der Waals surface area (Å²) in [6.45, 7) is 2.50. The SMILES string of the molecule is CC1CCCN1C(=O)c1nc(C(=O)NC2CC(O)C2)sc1-c1cnc(NC2CCCC2)cc1C(F)F. The van der Waals surface area contributed by atoms with Crippen LogP contribution >= 0.6 is 11.3 Å². The first kappa shape index (κ1) is 25.0. The number of nitrogens with one attached hydrogen (secondary N) is 2. The number of rotatable bonds is 7. The van der Waals surface area contributed by atoms with Crippen molar-refractivity contribution in [2.24, 2.45) is 0 Å². The van der Waals surface area contributed by atoms with Crippen LogP contribution < -0.4 is 10.6 Å². The van der Waals surface area contributed by atoms with Crippen LogP contribution in [0.15, 0.2) is 12.3 Å². The first-order chi connectivity index (χ1) is 17.3. The van der Waals surface area contributed by atoms with Crippen molar-refractivity contribution in [2.45, 2.75) is 88.9 Å². The quantitative estimate of drug-likeness (QED) is 0.501. The molecule has 0 spiro atoms.